The van der Waals surface area contributed by atoms with Crippen molar-refractivity contribution in [3.63, 3.8) is 0 Å². The van der Waals surface area contributed by atoms with Crippen LogP contribution < -0.4 is 4.90 Å². The van der Waals surface area contributed by atoms with Gasteiger partial charge < -0.3 is 14.4 Å². The van der Waals surface area contributed by atoms with Gasteiger partial charge in [0.1, 0.15) is 13.2 Å². The fourth-order valence-electron chi connectivity index (χ4n) is 6.62. The summed E-state index contributed by atoms with van der Waals surface area (Å²) in [6.45, 7) is 9.78. The normalized spacial score (nSPS) is 13.7. The van der Waals surface area contributed by atoms with Crippen LogP contribution in [0.3, 0.4) is 0 Å². The van der Waals surface area contributed by atoms with E-state index >= 15 is 0 Å². The van der Waals surface area contributed by atoms with E-state index in [9.17, 15) is 9.59 Å². The molecule has 1 aromatic heterocycles. The summed E-state index contributed by atoms with van der Waals surface area (Å²) < 4.78 is 11.3. The molecule has 270 valence electrons. The predicted octanol–water partition coefficient (Wildman–Crippen LogP) is 9.92. The number of ether oxygens (including phenoxy) is 2. The molecule has 0 aliphatic carbocycles. The third kappa shape index (κ3) is 22.2. The number of esters is 2. The second-order valence-corrected chi connectivity index (χ2v) is 13.9. The van der Waals surface area contributed by atoms with Crippen LogP contribution in [0.1, 0.15) is 162 Å². The summed E-state index contributed by atoms with van der Waals surface area (Å²) in [5, 5.41) is 0. The van der Waals surface area contributed by atoms with Gasteiger partial charge in [0.2, 0.25) is 0 Å². The van der Waals surface area contributed by atoms with E-state index in [-0.39, 0.29) is 11.9 Å². The van der Waals surface area contributed by atoms with Gasteiger partial charge in [0, 0.05) is 57.1 Å². The number of anilines is 1. The summed E-state index contributed by atoms with van der Waals surface area (Å²) in [6, 6.07) is 4.19. The molecule has 0 spiro atoms. The Morgan fingerprint density at radius 2 is 1.09 bits per heavy atom. The van der Waals surface area contributed by atoms with E-state index in [2.05, 4.69) is 40.8 Å². The molecule has 1 saturated heterocycles. The molecule has 0 radical (unpaired) electrons. The van der Waals surface area contributed by atoms with E-state index in [0.717, 1.165) is 51.7 Å². The number of aromatic nitrogens is 1. The number of carbonyl (C=O) groups is 2. The van der Waals surface area contributed by atoms with Gasteiger partial charge in [-0.25, -0.2) is 0 Å². The summed E-state index contributed by atoms with van der Waals surface area (Å²) in [7, 11) is 0. The molecular weight excluding hydrogens is 586 g/mol. The number of hydrogen-bond donors (Lipinski definition) is 0. The van der Waals surface area contributed by atoms with E-state index < -0.39 is 0 Å². The van der Waals surface area contributed by atoms with E-state index in [1.807, 2.05) is 12.4 Å². The Labute approximate surface area is 288 Å². The highest BCUT2D eigenvalue weighted by Gasteiger charge is 2.20. The molecule has 1 aliphatic heterocycles. The maximum atomic E-state index is 12.4. The lowest BCUT2D eigenvalue weighted by molar-refractivity contribution is -0.144. The number of nitrogens with zero attached hydrogens (tertiary/aromatic N) is 3. The minimum atomic E-state index is -0.0798. The Morgan fingerprint density at radius 3 is 1.53 bits per heavy atom. The van der Waals surface area contributed by atoms with Gasteiger partial charge in [-0.05, 0) is 56.7 Å². The van der Waals surface area contributed by atoms with Crippen molar-refractivity contribution in [1.29, 1.82) is 0 Å². The zero-order chi connectivity index (χ0) is 33.6. The topological polar surface area (TPSA) is 72.0 Å². The smallest absolute Gasteiger partial charge is 0.305 e. The third-order valence-electron chi connectivity index (χ3n) is 9.81. The lowest BCUT2D eigenvalue weighted by Crippen LogP contribution is -2.37. The molecule has 7 heteroatoms. The molecule has 0 atom stereocenters. The monoisotopic (exact) mass is 658 g/mol. The van der Waals surface area contributed by atoms with Gasteiger partial charge in [0.25, 0.3) is 0 Å². The molecule has 7 nitrogen and oxygen atoms in total. The van der Waals surface area contributed by atoms with Crippen LogP contribution in [0.15, 0.2) is 24.5 Å². The molecule has 0 aromatic carbocycles. The number of hydrogen-bond acceptors (Lipinski definition) is 7. The van der Waals surface area contributed by atoms with Crippen molar-refractivity contribution in [2.24, 2.45) is 5.92 Å². The van der Waals surface area contributed by atoms with Crippen LogP contribution in [0.5, 0.6) is 0 Å². The minimum absolute atomic E-state index is 0.0798. The highest BCUT2D eigenvalue weighted by atomic mass is 16.5. The van der Waals surface area contributed by atoms with E-state index in [4.69, 9.17) is 9.47 Å². The summed E-state index contributed by atoms with van der Waals surface area (Å²) in [5.74, 6) is 0.520. The van der Waals surface area contributed by atoms with Gasteiger partial charge in [-0.1, -0.05) is 117 Å². The van der Waals surface area contributed by atoms with Gasteiger partial charge >= 0.3 is 11.9 Å². The van der Waals surface area contributed by atoms with Crippen molar-refractivity contribution in [2.75, 3.05) is 50.8 Å². The van der Waals surface area contributed by atoms with Crippen LogP contribution >= 0.6 is 0 Å². The first-order valence-corrected chi connectivity index (χ1v) is 19.8. The number of unbranched alkanes of at least 4 members (excludes halogenated alkanes) is 16. The van der Waals surface area contributed by atoms with Crippen molar-refractivity contribution in [3.05, 3.63) is 24.5 Å². The van der Waals surface area contributed by atoms with Gasteiger partial charge in [0.15, 0.2) is 0 Å². The van der Waals surface area contributed by atoms with Gasteiger partial charge in [-0.3, -0.25) is 19.5 Å². The molecule has 2 heterocycles. The first-order chi connectivity index (χ1) is 23.1. The van der Waals surface area contributed by atoms with Crippen LogP contribution in [-0.2, 0) is 19.1 Å². The Bertz CT molecular complexity index is 835. The number of rotatable bonds is 30. The third-order valence-corrected chi connectivity index (χ3v) is 9.81. The zero-order valence-corrected chi connectivity index (χ0v) is 30.6. The lowest BCUT2D eigenvalue weighted by atomic mass is 9.93. The molecule has 1 fully saturated rings. The van der Waals surface area contributed by atoms with E-state index in [1.54, 1.807) is 0 Å². The maximum absolute atomic E-state index is 12.4. The molecule has 0 N–H and O–H groups in total. The largest absolute Gasteiger partial charge is 0.464 e. The van der Waals surface area contributed by atoms with Crippen molar-refractivity contribution >= 4 is 17.6 Å². The van der Waals surface area contributed by atoms with Gasteiger partial charge in [-0.2, -0.15) is 0 Å². The van der Waals surface area contributed by atoms with Crippen molar-refractivity contribution < 1.29 is 19.1 Å². The highest BCUT2D eigenvalue weighted by Crippen LogP contribution is 2.25. The molecular formula is C40H71N3O4. The molecule has 1 aromatic rings. The first-order valence-electron chi connectivity index (χ1n) is 19.8. The Morgan fingerprint density at radius 1 is 0.660 bits per heavy atom. The fraction of sp³-hybridized carbons (Fsp3) is 0.825. The number of piperidine rings is 1. The first kappa shape index (κ1) is 41.0. The van der Waals surface area contributed by atoms with Gasteiger partial charge in [0.05, 0.1) is 0 Å². The minimum Gasteiger partial charge on any atom is -0.464 e. The lowest BCUT2D eigenvalue weighted by Gasteiger charge is -2.34. The van der Waals surface area contributed by atoms with E-state index in [1.165, 1.54) is 108 Å². The molecule has 0 unspecified atom stereocenters. The number of carbonyl (C=O) groups excluding carboxylic acids is 2. The maximum Gasteiger partial charge on any atom is 0.305 e. The van der Waals surface area contributed by atoms with Crippen LogP contribution in [-0.4, -0.2) is 67.8 Å². The average molecular weight is 658 g/mol. The Hall–Kier alpha value is -2.15. The standard InChI is InChI=1S/C40H71N3O4/c1-3-5-7-9-11-13-15-17-19-21-39(44)46-35-33-42(30-25-37-26-31-43(32-27-37)38-23-28-41-29-24-38)34-36-47-40(45)22-20-18-16-14-12-10-8-6-4-2/h23-24,28-29,37H,3-22,25-27,30-36H2,1-2H3. The van der Waals surface area contributed by atoms with Crippen molar-refractivity contribution in [1.82, 2.24) is 9.88 Å². The second kappa shape index (κ2) is 28.8. The summed E-state index contributed by atoms with van der Waals surface area (Å²) in [4.78, 5) is 33.7. The Balaban J connectivity index is 1.64. The van der Waals surface area contributed by atoms with Crippen LogP contribution in [0.25, 0.3) is 0 Å². The SMILES string of the molecule is CCCCCCCCCCCC(=O)OCCN(CCOC(=O)CCCCCCCCCCC)CCC1CCN(c2ccncc2)CC1. The second-order valence-electron chi connectivity index (χ2n) is 13.9. The predicted molar refractivity (Wildman–Crippen MR) is 196 cm³/mol. The highest BCUT2D eigenvalue weighted by molar-refractivity contribution is 5.69. The van der Waals surface area contributed by atoms with Crippen LogP contribution in [0.2, 0.25) is 0 Å². The van der Waals surface area contributed by atoms with Crippen molar-refractivity contribution in [2.45, 2.75) is 162 Å². The summed E-state index contributed by atoms with van der Waals surface area (Å²) >= 11 is 0. The van der Waals surface area contributed by atoms with Crippen LogP contribution in [0, 0.1) is 5.92 Å². The average Bonchev–Trinajstić information content (AvgIpc) is 3.09. The van der Waals surface area contributed by atoms with Crippen molar-refractivity contribution in [3.8, 4) is 0 Å². The molecule has 0 amide bonds. The van der Waals surface area contributed by atoms with Crippen LogP contribution in [0.4, 0.5) is 5.69 Å². The van der Waals surface area contributed by atoms with Gasteiger partial charge in [-0.15, -0.1) is 0 Å². The molecule has 0 bridgehead atoms. The zero-order valence-electron chi connectivity index (χ0n) is 30.6. The fourth-order valence-corrected chi connectivity index (χ4v) is 6.62. The molecule has 2 rings (SSSR count). The summed E-state index contributed by atoms with van der Waals surface area (Å²) in [5.41, 5.74) is 1.26. The summed E-state index contributed by atoms with van der Waals surface area (Å²) in [6.07, 6.45) is 30.6. The molecule has 47 heavy (non-hydrogen) atoms. The Kier molecular flexibility index (Phi) is 25.2. The quantitative estimate of drug-likeness (QED) is 0.0602. The van der Waals surface area contributed by atoms with E-state index in [0.29, 0.717) is 45.1 Å². The molecule has 0 saturated carbocycles. The molecule has 1 aliphatic rings. The number of pyridine rings is 1.